The number of nitrogens with two attached hydrogens (primary N) is 1. The highest BCUT2D eigenvalue weighted by Gasteiger charge is 2.29. The fraction of sp³-hybridized carbons (Fsp3) is 0.562. The first-order valence-corrected chi connectivity index (χ1v) is 8.40. The summed E-state index contributed by atoms with van der Waals surface area (Å²) in [6.45, 7) is 4.19. The summed E-state index contributed by atoms with van der Waals surface area (Å²) in [6, 6.07) is 7.58. The highest BCUT2D eigenvalue weighted by Crippen LogP contribution is 2.30. The number of thioether (sulfide) groups is 1. The third-order valence-electron chi connectivity index (χ3n) is 3.88. The van der Waals surface area contributed by atoms with E-state index in [2.05, 4.69) is 12.2 Å². The maximum absolute atomic E-state index is 12.3. The summed E-state index contributed by atoms with van der Waals surface area (Å²) < 4.78 is 0. The zero-order valence-corrected chi connectivity index (χ0v) is 13.1. The summed E-state index contributed by atoms with van der Waals surface area (Å²) >= 11 is 1.94. The number of carbonyl (C=O) groups excluding carboxylic acids is 1. The zero-order chi connectivity index (χ0) is 14.5. The molecule has 3 atom stereocenters. The first-order chi connectivity index (χ1) is 9.61. The number of rotatable bonds is 5. The maximum Gasteiger partial charge on any atom is 0.241 e. The summed E-state index contributed by atoms with van der Waals surface area (Å²) in [5.41, 5.74) is 8.12. The SMILES string of the molecule is CCSC1CCCC1NC(=O)C(N)c1ccc(C)cc1. The summed E-state index contributed by atoms with van der Waals surface area (Å²) in [7, 11) is 0. The van der Waals surface area contributed by atoms with Crippen LogP contribution in [0.3, 0.4) is 0 Å². The number of carbonyl (C=O) groups is 1. The molecule has 2 rings (SSSR count). The van der Waals surface area contributed by atoms with Crippen LogP contribution in [0.4, 0.5) is 0 Å². The molecule has 1 amide bonds. The van der Waals surface area contributed by atoms with Crippen molar-refractivity contribution in [3.8, 4) is 0 Å². The predicted molar refractivity (Wildman–Crippen MR) is 85.8 cm³/mol. The molecule has 0 aromatic heterocycles. The standard InChI is InChI=1S/C16H24N2OS/c1-3-20-14-6-4-5-13(14)18-16(19)15(17)12-9-7-11(2)8-10-12/h7-10,13-15H,3-6,17H2,1-2H3,(H,18,19). The third-order valence-corrected chi connectivity index (χ3v) is 5.21. The molecule has 0 radical (unpaired) electrons. The van der Waals surface area contributed by atoms with E-state index in [0.717, 1.165) is 17.7 Å². The van der Waals surface area contributed by atoms with Crippen molar-refractivity contribution < 1.29 is 4.79 Å². The van der Waals surface area contributed by atoms with E-state index in [1.807, 2.05) is 43.0 Å². The second kappa shape index (κ2) is 7.14. The molecule has 0 bridgehead atoms. The van der Waals surface area contributed by atoms with E-state index in [9.17, 15) is 4.79 Å². The molecule has 4 heteroatoms. The Morgan fingerprint density at radius 1 is 1.40 bits per heavy atom. The van der Waals surface area contributed by atoms with E-state index >= 15 is 0 Å². The fourth-order valence-corrected chi connectivity index (χ4v) is 3.90. The molecular formula is C16H24N2OS. The number of benzene rings is 1. The molecular weight excluding hydrogens is 268 g/mol. The highest BCUT2D eigenvalue weighted by molar-refractivity contribution is 7.99. The van der Waals surface area contributed by atoms with Gasteiger partial charge in [0.2, 0.25) is 5.91 Å². The van der Waals surface area contributed by atoms with Gasteiger partial charge in [0.05, 0.1) is 0 Å². The summed E-state index contributed by atoms with van der Waals surface area (Å²) in [4.78, 5) is 12.3. The minimum absolute atomic E-state index is 0.0533. The van der Waals surface area contributed by atoms with Crippen molar-refractivity contribution in [2.45, 2.75) is 50.4 Å². The van der Waals surface area contributed by atoms with Gasteiger partial charge in [0.1, 0.15) is 6.04 Å². The molecule has 1 aromatic rings. The average molecular weight is 292 g/mol. The smallest absolute Gasteiger partial charge is 0.241 e. The molecule has 20 heavy (non-hydrogen) atoms. The van der Waals surface area contributed by atoms with Crippen LogP contribution in [0.15, 0.2) is 24.3 Å². The van der Waals surface area contributed by atoms with Gasteiger partial charge in [0.15, 0.2) is 0 Å². The molecule has 1 aliphatic carbocycles. The Morgan fingerprint density at radius 2 is 2.10 bits per heavy atom. The molecule has 0 aliphatic heterocycles. The lowest BCUT2D eigenvalue weighted by molar-refractivity contribution is -0.123. The van der Waals surface area contributed by atoms with Crippen molar-refractivity contribution in [2.24, 2.45) is 5.73 Å². The van der Waals surface area contributed by atoms with Crippen molar-refractivity contribution in [1.29, 1.82) is 0 Å². The van der Waals surface area contributed by atoms with Crippen molar-refractivity contribution in [3.63, 3.8) is 0 Å². The number of amides is 1. The number of nitrogens with one attached hydrogen (secondary N) is 1. The van der Waals surface area contributed by atoms with Crippen molar-refractivity contribution in [3.05, 3.63) is 35.4 Å². The maximum atomic E-state index is 12.3. The Bertz CT molecular complexity index is 446. The van der Waals surface area contributed by atoms with Gasteiger partial charge in [0, 0.05) is 11.3 Å². The normalized spacial score (nSPS) is 23.6. The first kappa shape index (κ1) is 15.4. The molecule has 0 heterocycles. The van der Waals surface area contributed by atoms with Crippen molar-refractivity contribution in [1.82, 2.24) is 5.32 Å². The van der Waals surface area contributed by atoms with E-state index in [-0.39, 0.29) is 11.9 Å². The van der Waals surface area contributed by atoms with Gasteiger partial charge < -0.3 is 11.1 Å². The summed E-state index contributed by atoms with van der Waals surface area (Å²) in [6.07, 6.45) is 3.47. The van der Waals surface area contributed by atoms with Crippen LogP contribution in [0.2, 0.25) is 0 Å². The van der Waals surface area contributed by atoms with Crippen molar-refractivity contribution >= 4 is 17.7 Å². The topological polar surface area (TPSA) is 55.1 Å². The van der Waals surface area contributed by atoms with Gasteiger partial charge in [-0.2, -0.15) is 11.8 Å². The number of hydrogen-bond acceptors (Lipinski definition) is 3. The molecule has 3 nitrogen and oxygen atoms in total. The molecule has 1 fully saturated rings. The summed E-state index contributed by atoms with van der Waals surface area (Å²) in [5, 5.41) is 3.69. The van der Waals surface area contributed by atoms with Gasteiger partial charge in [-0.25, -0.2) is 0 Å². The molecule has 3 N–H and O–H groups in total. The molecule has 3 unspecified atom stereocenters. The number of aryl methyl sites for hydroxylation is 1. The van der Waals surface area contributed by atoms with Gasteiger partial charge in [-0.05, 0) is 31.1 Å². The lowest BCUT2D eigenvalue weighted by Crippen LogP contribution is -2.43. The van der Waals surface area contributed by atoms with Crippen LogP contribution in [0.25, 0.3) is 0 Å². The zero-order valence-electron chi connectivity index (χ0n) is 12.3. The molecule has 1 aromatic carbocycles. The van der Waals surface area contributed by atoms with Crippen molar-refractivity contribution in [2.75, 3.05) is 5.75 Å². The predicted octanol–water partition coefficient (Wildman–Crippen LogP) is 2.79. The summed E-state index contributed by atoms with van der Waals surface area (Å²) in [5.74, 6) is 1.04. The van der Waals surface area contributed by atoms with Crippen LogP contribution in [0.1, 0.15) is 43.4 Å². The second-order valence-corrected chi connectivity index (χ2v) is 6.94. The van der Waals surface area contributed by atoms with Gasteiger partial charge in [-0.1, -0.05) is 43.2 Å². The van der Waals surface area contributed by atoms with E-state index in [1.54, 1.807) is 0 Å². The molecule has 110 valence electrons. The Morgan fingerprint density at radius 3 is 2.75 bits per heavy atom. The van der Waals surface area contributed by atoms with Crippen LogP contribution in [-0.2, 0) is 4.79 Å². The lowest BCUT2D eigenvalue weighted by Gasteiger charge is -2.22. The van der Waals surface area contributed by atoms with E-state index in [1.165, 1.54) is 18.4 Å². The van der Waals surface area contributed by atoms with Gasteiger partial charge in [-0.3, -0.25) is 4.79 Å². The van der Waals surface area contributed by atoms with Crippen LogP contribution in [0.5, 0.6) is 0 Å². The fourth-order valence-electron chi connectivity index (χ4n) is 2.70. The Balaban J connectivity index is 1.95. The van der Waals surface area contributed by atoms with Crippen LogP contribution in [-0.4, -0.2) is 23.0 Å². The largest absolute Gasteiger partial charge is 0.351 e. The van der Waals surface area contributed by atoms with Crippen LogP contribution in [0, 0.1) is 6.92 Å². The van der Waals surface area contributed by atoms with Crippen LogP contribution < -0.4 is 11.1 Å². The molecule has 1 saturated carbocycles. The Hall–Kier alpha value is -1.00. The van der Waals surface area contributed by atoms with E-state index in [0.29, 0.717) is 5.25 Å². The lowest BCUT2D eigenvalue weighted by atomic mass is 10.0. The minimum atomic E-state index is -0.566. The van der Waals surface area contributed by atoms with E-state index in [4.69, 9.17) is 5.73 Å². The van der Waals surface area contributed by atoms with Gasteiger partial charge in [0.25, 0.3) is 0 Å². The molecule has 1 aliphatic rings. The Kier molecular flexibility index (Phi) is 5.49. The van der Waals surface area contributed by atoms with E-state index < -0.39 is 6.04 Å². The molecule has 0 saturated heterocycles. The van der Waals surface area contributed by atoms with Gasteiger partial charge in [-0.15, -0.1) is 0 Å². The first-order valence-electron chi connectivity index (χ1n) is 7.36. The number of hydrogen-bond donors (Lipinski definition) is 2. The average Bonchev–Trinajstić information content (AvgIpc) is 2.86. The Labute approximate surface area is 125 Å². The minimum Gasteiger partial charge on any atom is -0.351 e. The quantitative estimate of drug-likeness (QED) is 0.877. The molecule has 0 spiro atoms. The van der Waals surface area contributed by atoms with Crippen LogP contribution >= 0.6 is 11.8 Å². The highest BCUT2D eigenvalue weighted by atomic mass is 32.2. The monoisotopic (exact) mass is 292 g/mol. The van der Waals surface area contributed by atoms with Gasteiger partial charge >= 0.3 is 0 Å². The third kappa shape index (κ3) is 3.76. The second-order valence-electron chi connectivity index (χ2n) is 5.43.